The highest BCUT2D eigenvalue weighted by molar-refractivity contribution is 5.92. The van der Waals surface area contributed by atoms with Gasteiger partial charge in [0.25, 0.3) is 0 Å². The summed E-state index contributed by atoms with van der Waals surface area (Å²) in [4.78, 5) is 102. The van der Waals surface area contributed by atoms with Crippen molar-refractivity contribution in [3.63, 3.8) is 0 Å². The van der Waals surface area contributed by atoms with Crippen LogP contribution in [-0.2, 0) is 57.2 Å². The van der Waals surface area contributed by atoms with Crippen LogP contribution in [0.4, 0.5) is 9.59 Å². The molecule has 3 rings (SSSR count). The number of carbonyl (C=O) groups is 8. The van der Waals surface area contributed by atoms with Gasteiger partial charge < -0.3 is 60.3 Å². The highest BCUT2D eigenvalue weighted by atomic mass is 16.6. The maximum absolute atomic E-state index is 13.3. The number of unbranched alkanes of at least 4 members (excludes halogenated alkanes) is 2. The van der Waals surface area contributed by atoms with E-state index in [2.05, 4.69) is 44.0 Å². The number of amides is 6. The SMILES string of the molecule is CCCCOC(=O)CNC(=O)C(CCCCNC(=O)OCC1c2ccccc2-c2ccccc21)NC(=O)CCC(=O)NC(CCC(=O)OC(C)(C)C)C(=O)NCCOCCOCCNC(=O)OC(C)(C)C. The van der Waals surface area contributed by atoms with Gasteiger partial charge >= 0.3 is 24.1 Å². The Morgan fingerprint density at radius 2 is 1.07 bits per heavy atom. The van der Waals surface area contributed by atoms with Gasteiger partial charge in [-0.3, -0.25) is 28.8 Å². The minimum absolute atomic E-state index is 0.0750. The molecule has 6 N–H and O–H groups in total. The highest BCUT2D eigenvalue weighted by Crippen LogP contribution is 2.44. The molecule has 2 aromatic carbocycles. The van der Waals surface area contributed by atoms with Crippen LogP contribution < -0.4 is 31.9 Å². The molecular formula is C51H76N6O14. The largest absolute Gasteiger partial charge is 0.464 e. The molecule has 20 heteroatoms. The summed E-state index contributed by atoms with van der Waals surface area (Å²) in [5.41, 5.74) is 3.03. The summed E-state index contributed by atoms with van der Waals surface area (Å²) in [6.07, 6.45) is 0.294. The van der Waals surface area contributed by atoms with E-state index in [0.29, 0.717) is 19.3 Å². The Kier molecular flexibility index (Phi) is 25.9. The Morgan fingerprint density at radius 3 is 1.65 bits per heavy atom. The van der Waals surface area contributed by atoms with E-state index in [1.54, 1.807) is 41.5 Å². The van der Waals surface area contributed by atoms with E-state index in [0.717, 1.165) is 28.7 Å². The molecule has 0 spiro atoms. The molecule has 1 aliphatic rings. The fourth-order valence-corrected chi connectivity index (χ4v) is 7.16. The first-order chi connectivity index (χ1) is 33.8. The van der Waals surface area contributed by atoms with E-state index in [9.17, 15) is 38.4 Å². The molecule has 0 saturated heterocycles. The lowest BCUT2D eigenvalue weighted by atomic mass is 9.98. The number of hydrogen-bond donors (Lipinski definition) is 6. The Bertz CT molecular complexity index is 2010. The van der Waals surface area contributed by atoms with E-state index in [4.69, 9.17) is 28.4 Å². The lowest BCUT2D eigenvalue weighted by Gasteiger charge is -2.22. The second-order valence-corrected chi connectivity index (χ2v) is 18.8. The summed E-state index contributed by atoms with van der Waals surface area (Å²) in [5, 5.41) is 15.8. The van der Waals surface area contributed by atoms with Gasteiger partial charge in [0.15, 0.2) is 0 Å². The first kappa shape index (κ1) is 59.0. The Balaban J connectivity index is 1.47. The van der Waals surface area contributed by atoms with Gasteiger partial charge in [-0.1, -0.05) is 61.9 Å². The minimum atomic E-state index is -1.16. The lowest BCUT2D eigenvalue weighted by molar-refractivity contribution is -0.155. The highest BCUT2D eigenvalue weighted by Gasteiger charge is 2.30. The molecule has 2 aromatic rings. The zero-order chi connectivity index (χ0) is 52.2. The van der Waals surface area contributed by atoms with Crippen molar-refractivity contribution in [2.75, 3.05) is 65.8 Å². The van der Waals surface area contributed by atoms with Crippen LogP contribution in [-0.4, -0.2) is 137 Å². The minimum Gasteiger partial charge on any atom is -0.464 e. The number of esters is 2. The topological polar surface area (TPSA) is 264 Å². The summed E-state index contributed by atoms with van der Waals surface area (Å²) in [5.74, 6) is -3.82. The van der Waals surface area contributed by atoms with Gasteiger partial charge in [0.2, 0.25) is 23.6 Å². The number of nitrogens with one attached hydrogen (secondary N) is 6. The molecule has 20 nitrogen and oxygen atoms in total. The normalized spacial score (nSPS) is 12.8. The van der Waals surface area contributed by atoms with Crippen molar-refractivity contribution in [1.82, 2.24) is 31.9 Å². The maximum atomic E-state index is 13.3. The standard InChI is InChI=1S/C51H76N6O14/c1-8-9-28-68-45(61)33-55-47(63)40(20-14-15-25-53-48(64)69-34-39-37-18-12-10-16-35(37)36-17-11-13-19-38(36)39)56-42(58)22-23-43(59)57-41(21-24-44(60)70-50(2,3)4)46(62)52-26-29-66-31-32-67-30-27-54-49(65)71-51(5,6)7/h10-13,16-19,39-41H,8-9,14-15,20-34H2,1-7H3,(H,52,62)(H,53,64)(H,54,65)(H,55,63)(H,56,58)(H,57,59). The average Bonchev–Trinajstić information content (AvgIpc) is 3.62. The summed E-state index contributed by atoms with van der Waals surface area (Å²) < 4.78 is 32.2. The van der Waals surface area contributed by atoms with Gasteiger partial charge in [0.05, 0.1) is 33.0 Å². The lowest BCUT2D eigenvalue weighted by Crippen LogP contribution is -2.49. The zero-order valence-corrected chi connectivity index (χ0v) is 42.5. The third kappa shape index (κ3) is 24.4. The molecule has 0 saturated carbocycles. The van der Waals surface area contributed by atoms with Crippen molar-refractivity contribution in [1.29, 1.82) is 0 Å². The Hall–Kier alpha value is -6.28. The number of rotatable bonds is 31. The number of ether oxygens (including phenoxy) is 6. The maximum Gasteiger partial charge on any atom is 0.407 e. The van der Waals surface area contributed by atoms with E-state index in [1.165, 1.54) is 0 Å². The second-order valence-electron chi connectivity index (χ2n) is 18.8. The van der Waals surface area contributed by atoms with Crippen LogP contribution in [0.25, 0.3) is 11.1 Å². The predicted molar refractivity (Wildman–Crippen MR) is 263 cm³/mol. The smallest absolute Gasteiger partial charge is 0.407 e. The van der Waals surface area contributed by atoms with Crippen LogP contribution in [0.3, 0.4) is 0 Å². The predicted octanol–water partition coefficient (Wildman–Crippen LogP) is 4.70. The molecule has 2 atom stereocenters. The number of carbonyl (C=O) groups excluding carboxylic acids is 8. The molecule has 0 radical (unpaired) electrons. The van der Waals surface area contributed by atoms with Gasteiger partial charge in [-0.25, -0.2) is 9.59 Å². The van der Waals surface area contributed by atoms with Crippen LogP contribution in [0.2, 0.25) is 0 Å². The van der Waals surface area contributed by atoms with Gasteiger partial charge in [0, 0.05) is 44.8 Å². The Morgan fingerprint density at radius 1 is 0.535 bits per heavy atom. The van der Waals surface area contributed by atoms with Crippen molar-refractivity contribution in [3.8, 4) is 11.1 Å². The zero-order valence-electron chi connectivity index (χ0n) is 42.5. The number of alkyl carbamates (subject to hydrolysis) is 2. The van der Waals surface area contributed by atoms with Crippen LogP contribution in [0.15, 0.2) is 48.5 Å². The van der Waals surface area contributed by atoms with E-state index < -0.39 is 77.6 Å². The quantitative estimate of drug-likeness (QED) is 0.0340. The summed E-state index contributed by atoms with van der Waals surface area (Å²) in [6.45, 7) is 13.6. The molecule has 0 aliphatic heterocycles. The first-order valence-corrected chi connectivity index (χ1v) is 24.5. The molecule has 2 unspecified atom stereocenters. The van der Waals surface area contributed by atoms with Crippen molar-refractivity contribution in [2.45, 2.75) is 135 Å². The van der Waals surface area contributed by atoms with Crippen LogP contribution in [0, 0.1) is 0 Å². The molecule has 0 aromatic heterocycles. The monoisotopic (exact) mass is 997 g/mol. The van der Waals surface area contributed by atoms with Crippen molar-refractivity contribution < 1.29 is 66.8 Å². The average molecular weight is 997 g/mol. The molecule has 394 valence electrons. The third-order valence-electron chi connectivity index (χ3n) is 10.5. The first-order valence-electron chi connectivity index (χ1n) is 24.5. The number of hydrogen-bond acceptors (Lipinski definition) is 14. The molecule has 0 heterocycles. The molecule has 71 heavy (non-hydrogen) atoms. The van der Waals surface area contributed by atoms with Crippen LogP contribution in [0.1, 0.15) is 123 Å². The van der Waals surface area contributed by atoms with Gasteiger partial charge in [0.1, 0.15) is 36.4 Å². The van der Waals surface area contributed by atoms with Crippen molar-refractivity contribution in [2.24, 2.45) is 0 Å². The van der Waals surface area contributed by atoms with Crippen LogP contribution >= 0.6 is 0 Å². The van der Waals surface area contributed by atoms with Crippen molar-refractivity contribution >= 4 is 47.8 Å². The Labute approximate surface area is 417 Å². The summed E-state index contributed by atoms with van der Waals surface area (Å²) >= 11 is 0. The molecule has 0 bridgehead atoms. The number of fused-ring (bicyclic) bond motifs is 3. The van der Waals surface area contributed by atoms with Gasteiger partial charge in [-0.05, 0) is 95.9 Å². The van der Waals surface area contributed by atoms with E-state index in [-0.39, 0.29) is 97.3 Å². The second kappa shape index (κ2) is 31.1. The molecule has 6 amide bonds. The number of benzene rings is 2. The molecule has 0 fully saturated rings. The fraction of sp³-hybridized carbons (Fsp3) is 0.608. The summed E-state index contributed by atoms with van der Waals surface area (Å²) in [7, 11) is 0. The van der Waals surface area contributed by atoms with E-state index in [1.807, 2.05) is 43.3 Å². The van der Waals surface area contributed by atoms with E-state index >= 15 is 0 Å². The van der Waals surface area contributed by atoms with Gasteiger partial charge in [-0.15, -0.1) is 0 Å². The van der Waals surface area contributed by atoms with Crippen LogP contribution in [0.5, 0.6) is 0 Å². The molecule has 1 aliphatic carbocycles. The summed E-state index contributed by atoms with van der Waals surface area (Å²) in [6, 6.07) is 13.8. The van der Waals surface area contributed by atoms with Crippen molar-refractivity contribution in [3.05, 3.63) is 59.7 Å². The molecular weight excluding hydrogens is 921 g/mol. The third-order valence-corrected chi connectivity index (χ3v) is 10.5. The fourth-order valence-electron chi connectivity index (χ4n) is 7.16. The van der Waals surface area contributed by atoms with Gasteiger partial charge in [-0.2, -0.15) is 0 Å².